The Morgan fingerprint density at radius 3 is 2.77 bits per heavy atom. The van der Waals surface area contributed by atoms with E-state index in [0.29, 0.717) is 30.1 Å². The second-order valence-electron chi connectivity index (χ2n) is 6.14. The average molecular weight is 380 g/mol. The molecule has 0 aliphatic heterocycles. The number of aryl methyl sites for hydroxylation is 3. The lowest BCUT2D eigenvalue weighted by atomic mass is 10.1. The summed E-state index contributed by atoms with van der Waals surface area (Å²) in [6, 6.07) is 6.82. The maximum Gasteiger partial charge on any atom is 0.191 e. The van der Waals surface area contributed by atoms with Crippen LogP contribution in [0.2, 0.25) is 5.02 Å². The molecule has 0 atom stereocenters. The van der Waals surface area contributed by atoms with Crippen LogP contribution < -0.4 is 10.6 Å². The Labute approximate surface area is 159 Å². The minimum atomic E-state index is -0.272. The molecule has 0 saturated carbocycles. The first kappa shape index (κ1) is 20.2. The lowest BCUT2D eigenvalue weighted by Crippen LogP contribution is -2.38. The average Bonchev–Trinajstić information content (AvgIpc) is 2.91. The first-order valence-electron chi connectivity index (χ1n) is 8.97. The Balaban J connectivity index is 1.81. The van der Waals surface area contributed by atoms with Gasteiger partial charge in [0.05, 0.1) is 5.69 Å². The highest BCUT2D eigenvalue weighted by atomic mass is 35.5. The highest BCUT2D eigenvalue weighted by molar-refractivity contribution is 6.31. The molecule has 0 fully saturated rings. The number of guanidine groups is 1. The van der Waals surface area contributed by atoms with Gasteiger partial charge in [0.1, 0.15) is 5.82 Å². The Morgan fingerprint density at radius 1 is 1.31 bits per heavy atom. The summed E-state index contributed by atoms with van der Waals surface area (Å²) in [4.78, 5) is 4.57. The third kappa shape index (κ3) is 6.02. The fourth-order valence-corrected chi connectivity index (χ4v) is 2.99. The smallest absolute Gasteiger partial charge is 0.191 e. The molecule has 0 aliphatic rings. The van der Waals surface area contributed by atoms with Crippen LogP contribution in [-0.2, 0) is 13.0 Å². The fourth-order valence-electron chi connectivity index (χ4n) is 2.73. The van der Waals surface area contributed by atoms with Gasteiger partial charge in [0.2, 0.25) is 0 Å². The summed E-state index contributed by atoms with van der Waals surface area (Å²) in [6.07, 6.45) is 1.40. The van der Waals surface area contributed by atoms with Crippen LogP contribution in [0.5, 0.6) is 0 Å². The molecule has 0 radical (unpaired) electrons. The Bertz CT molecular complexity index is 721. The summed E-state index contributed by atoms with van der Waals surface area (Å²) < 4.78 is 15.8. The molecule has 26 heavy (non-hydrogen) atoms. The second-order valence-corrected chi connectivity index (χ2v) is 6.55. The normalized spacial score (nSPS) is 11.7. The third-order valence-corrected chi connectivity index (χ3v) is 4.33. The van der Waals surface area contributed by atoms with E-state index in [0.717, 1.165) is 31.2 Å². The van der Waals surface area contributed by atoms with Gasteiger partial charge in [-0.15, -0.1) is 0 Å². The van der Waals surface area contributed by atoms with E-state index in [1.54, 1.807) is 12.1 Å². The van der Waals surface area contributed by atoms with Crippen molar-refractivity contribution >= 4 is 17.6 Å². The predicted octanol–water partition coefficient (Wildman–Crippen LogP) is 3.48. The quantitative estimate of drug-likeness (QED) is 0.419. The zero-order chi connectivity index (χ0) is 18.9. The molecule has 1 heterocycles. The van der Waals surface area contributed by atoms with Crippen LogP contribution in [0, 0.1) is 19.7 Å². The molecule has 0 amide bonds. The molecule has 0 aliphatic carbocycles. The van der Waals surface area contributed by atoms with E-state index >= 15 is 0 Å². The predicted molar refractivity (Wildman–Crippen MR) is 105 cm³/mol. The van der Waals surface area contributed by atoms with Gasteiger partial charge in [0, 0.05) is 42.5 Å². The first-order chi connectivity index (χ1) is 12.5. The van der Waals surface area contributed by atoms with Crippen LogP contribution in [0.3, 0.4) is 0 Å². The minimum absolute atomic E-state index is 0.272. The van der Waals surface area contributed by atoms with Crippen molar-refractivity contribution in [3.8, 4) is 0 Å². The summed E-state index contributed by atoms with van der Waals surface area (Å²) >= 11 is 6.06. The molecule has 142 valence electrons. The largest absolute Gasteiger partial charge is 0.357 e. The van der Waals surface area contributed by atoms with Crippen molar-refractivity contribution in [3.05, 3.63) is 52.1 Å². The van der Waals surface area contributed by atoms with Crippen LogP contribution in [0.25, 0.3) is 0 Å². The number of aliphatic imine (C=N–C) groups is 1. The number of hydrogen-bond acceptors (Lipinski definition) is 2. The van der Waals surface area contributed by atoms with Gasteiger partial charge in [0.25, 0.3) is 0 Å². The third-order valence-electron chi connectivity index (χ3n) is 3.97. The van der Waals surface area contributed by atoms with Gasteiger partial charge in [-0.3, -0.25) is 9.67 Å². The van der Waals surface area contributed by atoms with Crippen LogP contribution in [0.1, 0.15) is 30.3 Å². The van der Waals surface area contributed by atoms with E-state index in [9.17, 15) is 4.39 Å². The number of benzene rings is 1. The van der Waals surface area contributed by atoms with Gasteiger partial charge in [-0.2, -0.15) is 5.10 Å². The molecule has 0 spiro atoms. The lowest BCUT2D eigenvalue weighted by Gasteiger charge is -2.12. The maximum atomic E-state index is 13.8. The molecule has 1 aromatic heterocycles. The monoisotopic (exact) mass is 379 g/mol. The molecule has 2 N–H and O–H groups in total. The van der Waals surface area contributed by atoms with Crippen molar-refractivity contribution in [1.82, 2.24) is 20.4 Å². The second kappa shape index (κ2) is 10.2. The standard InChI is InChI=1S/C19H27ClFN5/c1-4-22-19(23-10-6-12-26-15(3)13-14(2)25-26)24-11-9-16-17(20)7-5-8-18(16)21/h5,7-8,13H,4,6,9-12H2,1-3H3,(H2,22,23,24). The molecular formula is C19H27ClFN5. The molecule has 0 saturated heterocycles. The van der Waals surface area contributed by atoms with Crippen molar-refractivity contribution in [3.63, 3.8) is 0 Å². The van der Waals surface area contributed by atoms with E-state index in [1.807, 2.05) is 18.5 Å². The molecule has 2 rings (SSSR count). The summed E-state index contributed by atoms with van der Waals surface area (Å²) in [5.74, 6) is 0.458. The van der Waals surface area contributed by atoms with Gasteiger partial charge >= 0.3 is 0 Å². The summed E-state index contributed by atoms with van der Waals surface area (Å²) in [7, 11) is 0. The lowest BCUT2D eigenvalue weighted by molar-refractivity contribution is 0.567. The van der Waals surface area contributed by atoms with Crippen molar-refractivity contribution in [2.24, 2.45) is 4.99 Å². The van der Waals surface area contributed by atoms with E-state index < -0.39 is 0 Å². The van der Waals surface area contributed by atoms with Crippen LogP contribution >= 0.6 is 11.6 Å². The summed E-state index contributed by atoms with van der Waals surface area (Å²) in [6.45, 7) is 8.93. The van der Waals surface area contributed by atoms with Crippen molar-refractivity contribution in [1.29, 1.82) is 0 Å². The molecule has 0 unspecified atom stereocenters. The number of nitrogens with one attached hydrogen (secondary N) is 2. The van der Waals surface area contributed by atoms with Gasteiger partial charge in [-0.25, -0.2) is 4.39 Å². The van der Waals surface area contributed by atoms with Gasteiger partial charge < -0.3 is 10.6 Å². The molecular weight excluding hydrogens is 353 g/mol. The molecule has 5 nitrogen and oxygen atoms in total. The van der Waals surface area contributed by atoms with E-state index in [4.69, 9.17) is 11.6 Å². The first-order valence-corrected chi connectivity index (χ1v) is 9.35. The molecule has 7 heteroatoms. The molecule has 2 aromatic rings. The maximum absolute atomic E-state index is 13.8. The summed E-state index contributed by atoms with van der Waals surface area (Å²) in [5, 5.41) is 11.3. The zero-order valence-electron chi connectivity index (χ0n) is 15.6. The number of rotatable bonds is 8. The van der Waals surface area contributed by atoms with E-state index in [1.165, 1.54) is 11.8 Å². The zero-order valence-corrected chi connectivity index (χ0v) is 16.4. The Morgan fingerprint density at radius 2 is 2.12 bits per heavy atom. The van der Waals surface area contributed by atoms with Crippen LogP contribution in [0.15, 0.2) is 29.3 Å². The highest BCUT2D eigenvalue weighted by Crippen LogP contribution is 2.18. The highest BCUT2D eigenvalue weighted by Gasteiger charge is 2.07. The van der Waals surface area contributed by atoms with Gasteiger partial charge in [0.15, 0.2) is 5.96 Å². The number of aromatic nitrogens is 2. The molecule has 1 aromatic carbocycles. The number of nitrogens with zero attached hydrogens (tertiary/aromatic N) is 3. The van der Waals surface area contributed by atoms with Gasteiger partial charge in [-0.1, -0.05) is 17.7 Å². The fraction of sp³-hybridized carbons (Fsp3) is 0.474. The van der Waals surface area contributed by atoms with E-state index in [-0.39, 0.29) is 5.82 Å². The summed E-state index contributed by atoms with van der Waals surface area (Å²) in [5.41, 5.74) is 2.73. The van der Waals surface area contributed by atoms with Crippen LogP contribution in [0.4, 0.5) is 4.39 Å². The van der Waals surface area contributed by atoms with Crippen molar-refractivity contribution in [2.45, 2.75) is 40.2 Å². The number of halogens is 2. The Hall–Kier alpha value is -2.08. The van der Waals surface area contributed by atoms with Gasteiger partial charge in [-0.05, 0) is 51.8 Å². The Kier molecular flexibility index (Phi) is 7.91. The van der Waals surface area contributed by atoms with Crippen LogP contribution in [-0.4, -0.2) is 35.4 Å². The number of hydrogen-bond donors (Lipinski definition) is 2. The SMILES string of the molecule is CCNC(=NCCCn1nc(C)cc1C)NCCc1c(F)cccc1Cl. The molecule has 0 bridgehead atoms. The van der Waals surface area contributed by atoms with Crippen molar-refractivity contribution < 1.29 is 4.39 Å². The van der Waals surface area contributed by atoms with E-state index in [2.05, 4.69) is 33.7 Å². The minimum Gasteiger partial charge on any atom is -0.357 e. The topological polar surface area (TPSA) is 54.2 Å². The van der Waals surface area contributed by atoms with Crippen molar-refractivity contribution in [2.75, 3.05) is 19.6 Å².